The number of aliphatic hydroxyl groups is 1. The van der Waals surface area contributed by atoms with E-state index in [4.69, 9.17) is 14.9 Å². The van der Waals surface area contributed by atoms with Gasteiger partial charge in [-0.05, 0) is 12.8 Å². The Balaban J connectivity index is 3.50. The molecule has 0 spiro atoms. The van der Waals surface area contributed by atoms with Gasteiger partial charge in [0, 0.05) is 0 Å². The Morgan fingerprint density at radius 3 is 2.25 bits per heavy atom. The second-order valence-electron chi connectivity index (χ2n) is 5.12. The molecule has 4 nitrogen and oxygen atoms in total. The highest BCUT2D eigenvalue weighted by molar-refractivity contribution is 5.67. The Kier molecular flexibility index (Phi) is 13.9. The topological polar surface area (TPSA) is 66.8 Å². The summed E-state index contributed by atoms with van der Waals surface area (Å²) in [7, 11) is 0. The van der Waals surface area contributed by atoms with Crippen LogP contribution in [0.2, 0.25) is 0 Å². The monoisotopic (exact) mass is 286 g/mol. The van der Waals surface area contributed by atoms with Crippen molar-refractivity contribution in [3.8, 4) is 0 Å². The number of hydrogen-bond donors (Lipinski definition) is 2. The van der Waals surface area contributed by atoms with Crippen LogP contribution in [0, 0.1) is 0 Å². The third-order valence-corrected chi connectivity index (χ3v) is 3.24. The molecule has 0 saturated carbocycles. The van der Waals surface area contributed by atoms with Gasteiger partial charge in [-0.25, -0.2) is 0 Å². The molecule has 0 saturated heterocycles. The lowest BCUT2D eigenvalue weighted by molar-refractivity contribution is -0.140. The van der Waals surface area contributed by atoms with Crippen molar-refractivity contribution in [3.05, 3.63) is 12.2 Å². The number of unbranched alkanes of at least 4 members (excludes halogenated alkanes) is 8. The minimum atomic E-state index is -0.917. The fourth-order valence-electron chi connectivity index (χ4n) is 2.09. The lowest BCUT2D eigenvalue weighted by atomic mass is 10.1. The smallest absolute Gasteiger partial charge is 0.306 e. The quantitative estimate of drug-likeness (QED) is 0.289. The number of aliphatic hydroxyl groups excluding tert-OH is 1. The summed E-state index contributed by atoms with van der Waals surface area (Å²) in [6.07, 6.45) is 14.3. The average molecular weight is 286 g/mol. The number of rotatable bonds is 14. The van der Waals surface area contributed by atoms with E-state index in [1.807, 2.05) is 6.08 Å². The van der Waals surface area contributed by atoms with Gasteiger partial charge in [0.15, 0.2) is 0 Å². The van der Waals surface area contributed by atoms with Crippen LogP contribution in [0.5, 0.6) is 0 Å². The molecule has 0 heterocycles. The molecule has 2 N–H and O–H groups in total. The number of hydrogen-bond acceptors (Lipinski definition) is 3. The van der Waals surface area contributed by atoms with Crippen LogP contribution in [-0.2, 0) is 9.53 Å². The third kappa shape index (κ3) is 13.6. The van der Waals surface area contributed by atoms with Crippen molar-refractivity contribution in [1.29, 1.82) is 0 Å². The Morgan fingerprint density at radius 2 is 1.70 bits per heavy atom. The molecule has 0 bridgehead atoms. The van der Waals surface area contributed by atoms with E-state index >= 15 is 0 Å². The molecular weight excluding hydrogens is 256 g/mol. The van der Waals surface area contributed by atoms with E-state index in [0.717, 1.165) is 12.8 Å². The van der Waals surface area contributed by atoms with Crippen LogP contribution in [-0.4, -0.2) is 29.1 Å². The number of aliphatic carboxylic acids is 1. The molecule has 0 fully saturated rings. The van der Waals surface area contributed by atoms with Crippen molar-refractivity contribution >= 4 is 5.97 Å². The lowest BCUT2D eigenvalue weighted by Gasteiger charge is -2.09. The SMILES string of the molecule is CCCCCCCCCC/C=C/C(CC(=O)O)OCO. The predicted octanol–water partition coefficient (Wildman–Crippen LogP) is 3.88. The molecule has 20 heavy (non-hydrogen) atoms. The minimum absolute atomic E-state index is 0.103. The molecule has 118 valence electrons. The van der Waals surface area contributed by atoms with E-state index in [1.54, 1.807) is 6.08 Å². The van der Waals surface area contributed by atoms with E-state index in [0.29, 0.717) is 0 Å². The Bertz CT molecular complexity index is 251. The van der Waals surface area contributed by atoms with Crippen molar-refractivity contribution in [1.82, 2.24) is 0 Å². The largest absolute Gasteiger partial charge is 0.481 e. The van der Waals surface area contributed by atoms with E-state index in [9.17, 15) is 4.79 Å². The van der Waals surface area contributed by atoms with Gasteiger partial charge in [-0.1, -0.05) is 64.0 Å². The van der Waals surface area contributed by atoms with Crippen molar-refractivity contribution in [2.75, 3.05) is 6.79 Å². The van der Waals surface area contributed by atoms with Gasteiger partial charge in [0.2, 0.25) is 0 Å². The zero-order chi connectivity index (χ0) is 15.1. The van der Waals surface area contributed by atoms with Crippen molar-refractivity contribution in [3.63, 3.8) is 0 Å². The summed E-state index contributed by atoms with van der Waals surface area (Å²) in [5.74, 6) is -0.917. The molecule has 0 rings (SSSR count). The average Bonchev–Trinajstić information content (AvgIpc) is 2.40. The van der Waals surface area contributed by atoms with Crippen molar-refractivity contribution in [2.24, 2.45) is 0 Å². The number of allylic oxidation sites excluding steroid dienone is 1. The highest BCUT2D eigenvalue weighted by Gasteiger charge is 2.09. The van der Waals surface area contributed by atoms with E-state index in [2.05, 4.69) is 6.92 Å². The fourth-order valence-corrected chi connectivity index (χ4v) is 2.09. The predicted molar refractivity (Wildman–Crippen MR) is 80.6 cm³/mol. The zero-order valence-corrected chi connectivity index (χ0v) is 12.7. The molecular formula is C16H30O4. The van der Waals surface area contributed by atoms with Gasteiger partial charge in [0.1, 0.15) is 6.79 Å². The Hall–Kier alpha value is -0.870. The van der Waals surface area contributed by atoms with Crippen molar-refractivity contribution in [2.45, 2.75) is 77.2 Å². The second kappa shape index (κ2) is 14.5. The van der Waals surface area contributed by atoms with Gasteiger partial charge in [-0.15, -0.1) is 0 Å². The summed E-state index contributed by atoms with van der Waals surface area (Å²) in [4.78, 5) is 10.6. The van der Waals surface area contributed by atoms with Gasteiger partial charge in [0.25, 0.3) is 0 Å². The first-order chi connectivity index (χ1) is 9.70. The van der Waals surface area contributed by atoms with Crippen molar-refractivity contribution < 1.29 is 19.7 Å². The molecule has 0 aliphatic carbocycles. The summed E-state index contributed by atoms with van der Waals surface area (Å²) in [5, 5.41) is 17.3. The Morgan fingerprint density at radius 1 is 1.10 bits per heavy atom. The van der Waals surface area contributed by atoms with Crippen LogP contribution in [0.15, 0.2) is 12.2 Å². The number of carbonyl (C=O) groups is 1. The molecule has 1 unspecified atom stereocenters. The van der Waals surface area contributed by atoms with Gasteiger partial charge in [-0.3, -0.25) is 4.79 Å². The van der Waals surface area contributed by atoms with Crippen LogP contribution < -0.4 is 0 Å². The summed E-state index contributed by atoms with van der Waals surface area (Å²) < 4.78 is 4.92. The molecule has 4 heteroatoms. The van der Waals surface area contributed by atoms with E-state index in [1.165, 1.54) is 44.9 Å². The highest BCUT2D eigenvalue weighted by atomic mass is 16.6. The first kappa shape index (κ1) is 19.1. The summed E-state index contributed by atoms with van der Waals surface area (Å²) in [6, 6.07) is 0. The maximum absolute atomic E-state index is 10.6. The molecule has 0 radical (unpaired) electrons. The molecule has 0 amide bonds. The number of carboxylic acid groups (broad SMARTS) is 1. The van der Waals surface area contributed by atoms with E-state index < -0.39 is 18.9 Å². The van der Waals surface area contributed by atoms with Gasteiger partial charge >= 0.3 is 5.97 Å². The zero-order valence-electron chi connectivity index (χ0n) is 12.7. The number of carboxylic acids is 1. The molecule has 0 aliphatic heterocycles. The second-order valence-corrected chi connectivity index (χ2v) is 5.12. The fraction of sp³-hybridized carbons (Fsp3) is 0.812. The summed E-state index contributed by atoms with van der Waals surface area (Å²) >= 11 is 0. The van der Waals surface area contributed by atoms with Gasteiger partial charge in [-0.2, -0.15) is 0 Å². The summed E-state index contributed by atoms with van der Waals surface area (Å²) in [6.45, 7) is 1.78. The standard InChI is InChI=1S/C16H30O4/c1-2-3-4-5-6-7-8-9-10-11-12-15(20-14-17)13-16(18)19/h11-12,15,17H,2-10,13-14H2,1H3,(H,18,19)/b12-11+. The Labute approximate surface area is 122 Å². The van der Waals surface area contributed by atoms with Gasteiger partial charge < -0.3 is 14.9 Å². The molecule has 0 aromatic heterocycles. The van der Waals surface area contributed by atoms with Crippen LogP contribution in [0.4, 0.5) is 0 Å². The molecule has 0 aromatic carbocycles. The normalized spacial score (nSPS) is 12.9. The first-order valence-electron chi connectivity index (χ1n) is 7.81. The maximum atomic E-state index is 10.6. The van der Waals surface area contributed by atoms with E-state index in [-0.39, 0.29) is 6.42 Å². The van der Waals surface area contributed by atoms with Gasteiger partial charge in [0.05, 0.1) is 12.5 Å². The number of ether oxygens (including phenoxy) is 1. The molecule has 0 aliphatic rings. The highest BCUT2D eigenvalue weighted by Crippen LogP contribution is 2.10. The first-order valence-corrected chi connectivity index (χ1v) is 7.81. The van der Waals surface area contributed by atoms with Crippen LogP contribution >= 0.6 is 0 Å². The molecule has 1 atom stereocenters. The molecule has 0 aromatic rings. The van der Waals surface area contributed by atoms with Crippen LogP contribution in [0.1, 0.15) is 71.1 Å². The third-order valence-electron chi connectivity index (χ3n) is 3.24. The minimum Gasteiger partial charge on any atom is -0.481 e. The lowest BCUT2D eigenvalue weighted by Crippen LogP contribution is -2.15. The summed E-state index contributed by atoms with van der Waals surface area (Å²) in [5.41, 5.74) is 0. The van der Waals surface area contributed by atoms with Crippen LogP contribution in [0.3, 0.4) is 0 Å². The maximum Gasteiger partial charge on any atom is 0.306 e. The van der Waals surface area contributed by atoms with Crippen LogP contribution in [0.25, 0.3) is 0 Å².